The van der Waals surface area contributed by atoms with Crippen LogP contribution in [-0.4, -0.2) is 25.1 Å². The number of ether oxygens (including phenoxy) is 2. The van der Waals surface area contributed by atoms with E-state index < -0.39 is 0 Å². The third-order valence-corrected chi connectivity index (χ3v) is 3.45. The van der Waals surface area contributed by atoms with Gasteiger partial charge in [0.05, 0.1) is 25.8 Å². The minimum atomic E-state index is -0.144. The molecular weight excluding hydrogens is 280 g/mol. The van der Waals surface area contributed by atoms with E-state index in [1.54, 1.807) is 38.7 Å². The van der Waals surface area contributed by atoms with Crippen LogP contribution in [0, 0.1) is 0 Å². The first-order chi connectivity index (χ1) is 10.7. The summed E-state index contributed by atoms with van der Waals surface area (Å²) in [7, 11) is 3.19. The van der Waals surface area contributed by atoms with Gasteiger partial charge in [-0.25, -0.2) is 0 Å². The molecule has 0 radical (unpaired) electrons. The van der Waals surface area contributed by atoms with Gasteiger partial charge >= 0.3 is 0 Å². The van der Waals surface area contributed by atoms with Crippen LogP contribution in [0.1, 0.15) is 35.3 Å². The largest absolute Gasteiger partial charge is 0.493 e. The van der Waals surface area contributed by atoms with Crippen molar-refractivity contribution in [2.75, 3.05) is 14.2 Å². The van der Waals surface area contributed by atoms with Gasteiger partial charge in [-0.2, -0.15) is 0 Å². The van der Waals surface area contributed by atoms with Crippen LogP contribution in [0.4, 0.5) is 0 Å². The highest BCUT2D eigenvalue weighted by atomic mass is 16.5. The summed E-state index contributed by atoms with van der Waals surface area (Å²) in [5, 5.41) is 3.01. The van der Waals surface area contributed by atoms with Crippen molar-refractivity contribution >= 4 is 5.91 Å². The maximum Gasteiger partial charge on any atom is 0.253 e. The molecule has 2 rings (SSSR count). The van der Waals surface area contributed by atoms with E-state index in [4.69, 9.17) is 9.47 Å². The van der Waals surface area contributed by atoms with Crippen molar-refractivity contribution in [3.63, 3.8) is 0 Å². The fourth-order valence-corrected chi connectivity index (χ4v) is 2.23. The number of carbonyl (C=O) groups is 1. The molecule has 2 aromatic rings. The summed E-state index contributed by atoms with van der Waals surface area (Å²) in [6.07, 6.45) is 3.96. The first kappa shape index (κ1) is 15.8. The molecule has 0 aliphatic rings. The van der Waals surface area contributed by atoms with Crippen LogP contribution in [0.15, 0.2) is 42.7 Å². The van der Waals surface area contributed by atoms with E-state index in [9.17, 15) is 4.79 Å². The highest BCUT2D eigenvalue weighted by molar-refractivity contribution is 5.94. The van der Waals surface area contributed by atoms with Crippen LogP contribution >= 0.6 is 0 Å². The fourth-order valence-electron chi connectivity index (χ4n) is 2.23. The Kier molecular flexibility index (Phi) is 5.36. The predicted molar refractivity (Wildman–Crippen MR) is 84.3 cm³/mol. The van der Waals surface area contributed by atoms with Crippen molar-refractivity contribution in [1.29, 1.82) is 0 Å². The number of carbonyl (C=O) groups excluding carboxylic acids is 1. The Morgan fingerprint density at radius 3 is 2.59 bits per heavy atom. The molecule has 1 N–H and O–H groups in total. The summed E-state index contributed by atoms with van der Waals surface area (Å²) < 4.78 is 10.5. The van der Waals surface area contributed by atoms with Crippen molar-refractivity contribution < 1.29 is 14.3 Å². The Hall–Kier alpha value is -2.56. The minimum Gasteiger partial charge on any atom is -0.493 e. The molecule has 1 heterocycles. The maximum atomic E-state index is 12.3. The number of pyridine rings is 1. The Morgan fingerprint density at radius 2 is 2.00 bits per heavy atom. The topological polar surface area (TPSA) is 60.5 Å². The van der Waals surface area contributed by atoms with Gasteiger partial charge in [0.25, 0.3) is 5.91 Å². The van der Waals surface area contributed by atoms with Crippen LogP contribution in [0.25, 0.3) is 0 Å². The van der Waals surface area contributed by atoms with Crippen molar-refractivity contribution in [3.05, 3.63) is 53.9 Å². The van der Waals surface area contributed by atoms with Gasteiger partial charge in [-0.1, -0.05) is 13.0 Å². The van der Waals surface area contributed by atoms with E-state index in [-0.39, 0.29) is 11.9 Å². The van der Waals surface area contributed by atoms with E-state index in [0.29, 0.717) is 17.1 Å². The molecule has 0 spiro atoms. The summed E-state index contributed by atoms with van der Waals surface area (Å²) in [5.41, 5.74) is 1.51. The van der Waals surface area contributed by atoms with Gasteiger partial charge in [0.15, 0.2) is 11.5 Å². The third kappa shape index (κ3) is 3.55. The molecule has 0 unspecified atom stereocenters. The number of benzene rings is 1. The monoisotopic (exact) mass is 300 g/mol. The minimum absolute atomic E-state index is 0.104. The molecule has 0 fully saturated rings. The summed E-state index contributed by atoms with van der Waals surface area (Å²) in [6, 6.07) is 9.03. The molecule has 5 heteroatoms. The number of nitrogens with one attached hydrogen (secondary N) is 1. The highest BCUT2D eigenvalue weighted by Gasteiger charge is 2.16. The molecule has 1 aromatic heterocycles. The van der Waals surface area contributed by atoms with Crippen molar-refractivity contribution in [1.82, 2.24) is 10.3 Å². The molecular formula is C17H20N2O3. The summed E-state index contributed by atoms with van der Waals surface area (Å²) in [5.74, 6) is 1.17. The fraction of sp³-hybridized carbons (Fsp3) is 0.294. The second kappa shape index (κ2) is 7.45. The number of hydrogen-bond donors (Lipinski definition) is 1. The first-order valence-corrected chi connectivity index (χ1v) is 7.12. The van der Waals surface area contributed by atoms with Crippen molar-refractivity contribution in [2.45, 2.75) is 19.4 Å². The van der Waals surface area contributed by atoms with Crippen LogP contribution in [0.3, 0.4) is 0 Å². The lowest BCUT2D eigenvalue weighted by atomic mass is 10.0. The normalized spacial score (nSPS) is 11.6. The van der Waals surface area contributed by atoms with Gasteiger partial charge < -0.3 is 14.8 Å². The average Bonchev–Trinajstić information content (AvgIpc) is 2.59. The van der Waals surface area contributed by atoms with Gasteiger partial charge in [0.2, 0.25) is 0 Å². The van der Waals surface area contributed by atoms with E-state index in [2.05, 4.69) is 10.3 Å². The number of nitrogens with zero attached hydrogens (tertiary/aromatic N) is 1. The zero-order valence-electron chi connectivity index (χ0n) is 13.0. The number of amides is 1. The summed E-state index contributed by atoms with van der Waals surface area (Å²) in [4.78, 5) is 16.2. The van der Waals surface area contributed by atoms with Crippen molar-refractivity contribution in [3.8, 4) is 11.5 Å². The van der Waals surface area contributed by atoms with Crippen molar-refractivity contribution in [2.24, 2.45) is 0 Å². The number of hydrogen-bond acceptors (Lipinski definition) is 4. The van der Waals surface area contributed by atoms with E-state index >= 15 is 0 Å². The van der Waals surface area contributed by atoms with E-state index in [1.807, 2.05) is 25.1 Å². The number of aromatic nitrogens is 1. The number of methoxy groups -OCH3 is 2. The lowest BCUT2D eigenvalue weighted by Crippen LogP contribution is -2.28. The highest BCUT2D eigenvalue weighted by Crippen LogP contribution is 2.30. The van der Waals surface area contributed by atoms with Crippen LogP contribution < -0.4 is 14.8 Å². The second-order valence-electron chi connectivity index (χ2n) is 4.79. The molecule has 1 aromatic carbocycles. The summed E-state index contributed by atoms with van der Waals surface area (Å²) >= 11 is 0. The first-order valence-electron chi connectivity index (χ1n) is 7.12. The average molecular weight is 300 g/mol. The molecule has 1 atom stereocenters. The van der Waals surface area contributed by atoms with Crippen LogP contribution in [-0.2, 0) is 0 Å². The second-order valence-corrected chi connectivity index (χ2v) is 4.79. The Bertz CT molecular complexity index is 629. The molecule has 22 heavy (non-hydrogen) atoms. The Balaban J connectivity index is 2.20. The molecule has 5 nitrogen and oxygen atoms in total. The SMILES string of the molecule is CC[C@@H](NC(=O)c1cccnc1)c1ccc(OC)c(OC)c1. The smallest absolute Gasteiger partial charge is 0.253 e. The van der Waals surface area contributed by atoms with E-state index in [0.717, 1.165) is 12.0 Å². The molecule has 0 aliphatic carbocycles. The predicted octanol–water partition coefficient (Wildman–Crippen LogP) is 2.98. The quantitative estimate of drug-likeness (QED) is 0.891. The number of rotatable bonds is 6. The zero-order chi connectivity index (χ0) is 15.9. The van der Waals surface area contributed by atoms with Gasteiger partial charge in [-0.05, 0) is 36.2 Å². The van der Waals surface area contributed by atoms with Gasteiger partial charge in [0.1, 0.15) is 0 Å². The Morgan fingerprint density at radius 1 is 1.23 bits per heavy atom. The molecule has 0 saturated carbocycles. The van der Waals surface area contributed by atoms with E-state index in [1.165, 1.54) is 0 Å². The maximum absolute atomic E-state index is 12.3. The molecule has 0 aliphatic heterocycles. The van der Waals surface area contributed by atoms with Gasteiger partial charge in [-0.15, -0.1) is 0 Å². The lowest BCUT2D eigenvalue weighted by molar-refractivity contribution is 0.0935. The Labute approximate surface area is 130 Å². The third-order valence-electron chi connectivity index (χ3n) is 3.45. The lowest BCUT2D eigenvalue weighted by Gasteiger charge is -2.19. The summed E-state index contributed by atoms with van der Waals surface area (Å²) in [6.45, 7) is 2.02. The molecule has 1 amide bonds. The van der Waals surface area contributed by atoms with Crippen LogP contribution in [0.5, 0.6) is 11.5 Å². The molecule has 0 saturated heterocycles. The van der Waals surface area contributed by atoms with Crippen LogP contribution in [0.2, 0.25) is 0 Å². The molecule has 0 bridgehead atoms. The van der Waals surface area contributed by atoms with Gasteiger partial charge in [0, 0.05) is 12.4 Å². The molecule has 116 valence electrons. The van der Waals surface area contributed by atoms with Gasteiger partial charge in [-0.3, -0.25) is 9.78 Å². The zero-order valence-corrected chi connectivity index (χ0v) is 13.0. The standard InChI is InChI=1S/C17H20N2O3/c1-4-14(19-17(20)13-6-5-9-18-11-13)12-7-8-15(21-2)16(10-12)22-3/h5-11,14H,4H2,1-3H3,(H,19,20)/t14-/m1/s1.